The SMILES string of the molecule is CCS(=O)(=O)Nc1ccc(Cl)cc1F. The van der Waals surface area contributed by atoms with E-state index in [0.717, 1.165) is 6.07 Å². The molecule has 0 saturated heterocycles. The van der Waals surface area contributed by atoms with Gasteiger partial charge in [-0.05, 0) is 25.1 Å². The third kappa shape index (κ3) is 2.85. The zero-order valence-electron chi connectivity index (χ0n) is 7.42. The molecule has 0 amide bonds. The number of hydrogen-bond donors (Lipinski definition) is 1. The Balaban J connectivity index is 2.99. The van der Waals surface area contributed by atoms with Gasteiger partial charge in [0, 0.05) is 5.02 Å². The molecule has 0 spiro atoms. The van der Waals surface area contributed by atoms with Crippen LogP contribution in [-0.2, 0) is 10.0 Å². The number of halogens is 2. The second-order valence-corrected chi connectivity index (χ2v) is 5.08. The van der Waals surface area contributed by atoms with Crippen molar-refractivity contribution in [2.45, 2.75) is 6.92 Å². The van der Waals surface area contributed by atoms with Crippen molar-refractivity contribution >= 4 is 27.3 Å². The molecule has 0 aliphatic heterocycles. The Morgan fingerprint density at radius 3 is 2.64 bits per heavy atom. The molecule has 1 aromatic rings. The highest BCUT2D eigenvalue weighted by Crippen LogP contribution is 2.19. The lowest BCUT2D eigenvalue weighted by Crippen LogP contribution is -2.15. The van der Waals surface area contributed by atoms with Crippen LogP contribution in [0.3, 0.4) is 0 Å². The van der Waals surface area contributed by atoms with Crippen LogP contribution in [-0.4, -0.2) is 14.2 Å². The molecule has 0 aliphatic rings. The van der Waals surface area contributed by atoms with Gasteiger partial charge in [0.25, 0.3) is 0 Å². The van der Waals surface area contributed by atoms with E-state index >= 15 is 0 Å². The molecule has 0 bridgehead atoms. The number of benzene rings is 1. The summed E-state index contributed by atoms with van der Waals surface area (Å²) in [6, 6.07) is 3.75. The van der Waals surface area contributed by atoms with Crippen LogP contribution in [0.25, 0.3) is 0 Å². The fraction of sp³-hybridized carbons (Fsp3) is 0.250. The van der Waals surface area contributed by atoms with Crippen molar-refractivity contribution in [3.63, 3.8) is 0 Å². The molecule has 1 rings (SSSR count). The van der Waals surface area contributed by atoms with Gasteiger partial charge < -0.3 is 0 Å². The normalized spacial score (nSPS) is 11.4. The third-order valence-electron chi connectivity index (χ3n) is 1.58. The second kappa shape index (κ2) is 4.14. The average molecular weight is 238 g/mol. The van der Waals surface area contributed by atoms with Gasteiger partial charge in [-0.15, -0.1) is 0 Å². The first-order valence-electron chi connectivity index (χ1n) is 3.90. The molecule has 0 aromatic heterocycles. The Kier molecular flexibility index (Phi) is 3.34. The summed E-state index contributed by atoms with van der Waals surface area (Å²) in [5.74, 6) is -0.788. The van der Waals surface area contributed by atoms with Crippen molar-refractivity contribution < 1.29 is 12.8 Å². The molecular formula is C8H9ClFNO2S. The summed E-state index contributed by atoms with van der Waals surface area (Å²) < 4.78 is 37.4. The number of hydrogen-bond acceptors (Lipinski definition) is 2. The minimum absolute atomic E-state index is 0.0868. The lowest BCUT2D eigenvalue weighted by atomic mass is 10.3. The highest BCUT2D eigenvalue weighted by molar-refractivity contribution is 7.92. The molecule has 1 aromatic carbocycles. The Bertz CT molecular complexity index is 433. The molecule has 3 nitrogen and oxygen atoms in total. The lowest BCUT2D eigenvalue weighted by molar-refractivity contribution is 0.599. The van der Waals surface area contributed by atoms with Gasteiger partial charge in [-0.3, -0.25) is 4.72 Å². The monoisotopic (exact) mass is 237 g/mol. The first kappa shape index (κ1) is 11.3. The summed E-state index contributed by atoms with van der Waals surface area (Å²) in [5, 5.41) is 0.224. The standard InChI is InChI=1S/C8H9ClFNO2S/c1-2-14(12,13)11-8-4-3-6(9)5-7(8)10/h3-5,11H,2H2,1H3. The van der Waals surface area contributed by atoms with Crippen LogP contribution in [0.2, 0.25) is 5.02 Å². The smallest absolute Gasteiger partial charge is 0.232 e. The molecule has 0 heterocycles. The molecule has 0 aliphatic carbocycles. The minimum Gasteiger partial charge on any atom is -0.281 e. The quantitative estimate of drug-likeness (QED) is 0.877. The van der Waals surface area contributed by atoms with Gasteiger partial charge in [0.15, 0.2) is 0 Å². The highest BCUT2D eigenvalue weighted by Gasteiger charge is 2.10. The fourth-order valence-electron chi connectivity index (χ4n) is 0.812. The van der Waals surface area contributed by atoms with E-state index in [1.54, 1.807) is 0 Å². The number of sulfonamides is 1. The Morgan fingerprint density at radius 2 is 2.14 bits per heavy atom. The second-order valence-electron chi connectivity index (χ2n) is 2.63. The number of rotatable bonds is 3. The van der Waals surface area contributed by atoms with E-state index in [4.69, 9.17) is 11.6 Å². The van der Waals surface area contributed by atoms with Crippen LogP contribution in [0.4, 0.5) is 10.1 Å². The Morgan fingerprint density at radius 1 is 1.50 bits per heavy atom. The van der Waals surface area contributed by atoms with Gasteiger partial charge in [0.2, 0.25) is 10.0 Å². The van der Waals surface area contributed by atoms with Crippen molar-refractivity contribution in [1.82, 2.24) is 0 Å². The molecule has 1 N–H and O–H groups in total. The van der Waals surface area contributed by atoms with Gasteiger partial charge in [0.05, 0.1) is 11.4 Å². The Labute approximate surface area is 86.9 Å². The van der Waals surface area contributed by atoms with Crippen LogP contribution < -0.4 is 4.72 Å². The van der Waals surface area contributed by atoms with Crippen LogP contribution in [0.5, 0.6) is 0 Å². The predicted molar refractivity (Wildman–Crippen MR) is 54.5 cm³/mol. The Hall–Kier alpha value is -0.810. The molecule has 0 unspecified atom stereocenters. The van der Waals surface area contributed by atoms with Crippen LogP contribution >= 0.6 is 11.6 Å². The van der Waals surface area contributed by atoms with Crippen molar-refractivity contribution in [1.29, 1.82) is 0 Å². The summed E-state index contributed by atoms with van der Waals surface area (Å²) in [7, 11) is -3.44. The topological polar surface area (TPSA) is 46.2 Å². The van der Waals surface area contributed by atoms with Crippen molar-refractivity contribution in [3.8, 4) is 0 Å². The van der Waals surface area contributed by atoms with Gasteiger partial charge >= 0.3 is 0 Å². The zero-order chi connectivity index (χ0) is 10.8. The third-order valence-corrected chi connectivity index (χ3v) is 3.10. The molecule has 0 saturated carbocycles. The molecule has 0 atom stereocenters. The summed E-state index contributed by atoms with van der Waals surface area (Å²) in [6.07, 6.45) is 0. The number of nitrogens with one attached hydrogen (secondary N) is 1. The highest BCUT2D eigenvalue weighted by atomic mass is 35.5. The maximum absolute atomic E-state index is 13.1. The van der Waals surface area contributed by atoms with Gasteiger partial charge in [0.1, 0.15) is 5.82 Å². The van der Waals surface area contributed by atoms with Gasteiger partial charge in [-0.2, -0.15) is 0 Å². The average Bonchev–Trinajstić information content (AvgIpc) is 2.10. The lowest BCUT2D eigenvalue weighted by Gasteiger charge is -2.06. The zero-order valence-corrected chi connectivity index (χ0v) is 8.99. The van der Waals surface area contributed by atoms with Gasteiger partial charge in [-0.25, -0.2) is 12.8 Å². The van der Waals surface area contributed by atoms with Crippen LogP contribution in [0.1, 0.15) is 6.92 Å². The summed E-state index contributed by atoms with van der Waals surface area (Å²) in [4.78, 5) is 0. The van der Waals surface area contributed by atoms with Gasteiger partial charge in [-0.1, -0.05) is 11.6 Å². The summed E-state index contributed by atoms with van der Waals surface area (Å²) in [6.45, 7) is 1.47. The van der Waals surface area contributed by atoms with E-state index in [2.05, 4.69) is 4.72 Å². The molecule has 0 fully saturated rings. The van der Waals surface area contributed by atoms with Crippen molar-refractivity contribution in [2.24, 2.45) is 0 Å². The number of anilines is 1. The summed E-state index contributed by atoms with van der Waals surface area (Å²) in [5.41, 5.74) is -0.0868. The van der Waals surface area contributed by atoms with Crippen LogP contribution in [0, 0.1) is 5.82 Å². The maximum atomic E-state index is 13.1. The minimum atomic E-state index is -3.44. The van der Waals surface area contributed by atoms with E-state index in [1.807, 2.05) is 0 Å². The molecule has 14 heavy (non-hydrogen) atoms. The van der Waals surface area contributed by atoms with E-state index in [1.165, 1.54) is 19.1 Å². The molecule has 78 valence electrons. The predicted octanol–water partition coefficient (Wildman–Crippen LogP) is 2.24. The maximum Gasteiger partial charge on any atom is 0.232 e. The van der Waals surface area contributed by atoms with Crippen molar-refractivity contribution in [3.05, 3.63) is 29.0 Å². The molecule has 0 radical (unpaired) electrons. The first-order chi connectivity index (χ1) is 6.44. The van der Waals surface area contributed by atoms with E-state index in [0.29, 0.717) is 0 Å². The fourth-order valence-corrected chi connectivity index (χ4v) is 1.62. The largest absolute Gasteiger partial charge is 0.281 e. The van der Waals surface area contributed by atoms with E-state index in [9.17, 15) is 12.8 Å². The molecule has 6 heteroatoms. The van der Waals surface area contributed by atoms with Crippen molar-refractivity contribution in [2.75, 3.05) is 10.5 Å². The van der Waals surface area contributed by atoms with E-state index in [-0.39, 0.29) is 16.5 Å². The first-order valence-corrected chi connectivity index (χ1v) is 5.93. The van der Waals surface area contributed by atoms with E-state index < -0.39 is 15.8 Å². The molecular weight excluding hydrogens is 229 g/mol. The van der Waals surface area contributed by atoms with Crippen LogP contribution in [0.15, 0.2) is 18.2 Å². The summed E-state index contributed by atoms with van der Waals surface area (Å²) >= 11 is 5.50.